The molecule has 3 atom stereocenters. The van der Waals surface area contributed by atoms with Gasteiger partial charge >= 0.3 is 0 Å². The van der Waals surface area contributed by atoms with Gasteiger partial charge in [0.05, 0.1) is 0 Å². The summed E-state index contributed by atoms with van der Waals surface area (Å²) in [5.74, 6) is 5.04. The van der Waals surface area contributed by atoms with Crippen molar-refractivity contribution >= 4 is 0 Å². The van der Waals surface area contributed by atoms with Crippen molar-refractivity contribution in [3.8, 4) is 0 Å². The summed E-state index contributed by atoms with van der Waals surface area (Å²) in [5, 5.41) is 0. The quantitative estimate of drug-likeness (QED) is 0.393. The minimum Gasteiger partial charge on any atom is -0.0628 e. The van der Waals surface area contributed by atoms with Gasteiger partial charge in [-0.05, 0) is 66.6 Å². The van der Waals surface area contributed by atoms with Crippen LogP contribution >= 0.6 is 0 Å². The van der Waals surface area contributed by atoms with Gasteiger partial charge in [-0.25, -0.2) is 0 Å². The Balaban J connectivity index is 4.84. The van der Waals surface area contributed by atoms with Gasteiger partial charge < -0.3 is 0 Å². The van der Waals surface area contributed by atoms with Crippen LogP contribution in [0.2, 0.25) is 0 Å². The molecule has 0 saturated carbocycles. The lowest BCUT2D eigenvalue weighted by molar-refractivity contribution is 0.128. The molecule has 0 heterocycles. The summed E-state index contributed by atoms with van der Waals surface area (Å²) in [5.41, 5.74) is 0.466. The van der Waals surface area contributed by atoms with Gasteiger partial charge in [0.25, 0.3) is 0 Å². The second-order valence-corrected chi connectivity index (χ2v) is 9.68. The van der Waals surface area contributed by atoms with Crippen LogP contribution < -0.4 is 0 Å². The smallest absolute Gasteiger partial charge is 0.0328 e. The van der Waals surface area contributed by atoms with E-state index in [2.05, 4.69) is 69.2 Å². The predicted molar refractivity (Wildman–Crippen MR) is 98.6 cm³/mol. The molecule has 0 nitrogen and oxygen atoms in total. The van der Waals surface area contributed by atoms with Crippen LogP contribution in [0.5, 0.6) is 0 Å². The zero-order valence-corrected chi connectivity index (χ0v) is 16.8. The van der Waals surface area contributed by atoms with Crippen LogP contribution in [-0.4, -0.2) is 0 Å². The fourth-order valence-electron chi connectivity index (χ4n) is 3.78. The van der Waals surface area contributed by atoms with E-state index >= 15 is 0 Å². The first kappa shape index (κ1) is 21.0. The third-order valence-corrected chi connectivity index (χ3v) is 5.58. The molecule has 0 aromatic carbocycles. The lowest BCUT2D eigenvalue weighted by Gasteiger charge is -2.38. The minimum absolute atomic E-state index is 0.466. The van der Waals surface area contributed by atoms with Crippen molar-refractivity contribution in [2.75, 3.05) is 0 Å². The first-order chi connectivity index (χ1) is 9.45. The van der Waals surface area contributed by atoms with E-state index < -0.39 is 0 Å². The Morgan fingerprint density at radius 2 is 1.14 bits per heavy atom. The Morgan fingerprint density at radius 1 is 0.667 bits per heavy atom. The lowest BCUT2D eigenvalue weighted by Crippen LogP contribution is -2.28. The highest BCUT2D eigenvalue weighted by Crippen LogP contribution is 2.40. The standard InChI is InChI=1S/C21H44/c1-15(2)11-18(7)13-20(19(8)12-16(3)4)14-21(9,10)17(5)6/h15-20H,11-14H2,1-10H3. The summed E-state index contributed by atoms with van der Waals surface area (Å²) in [6.45, 7) is 24.2. The minimum atomic E-state index is 0.466. The Hall–Kier alpha value is 0. The Labute approximate surface area is 136 Å². The monoisotopic (exact) mass is 296 g/mol. The topological polar surface area (TPSA) is 0 Å². The van der Waals surface area contributed by atoms with Gasteiger partial charge in [-0.15, -0.1) is 0 Å². The lowest BCUT2D eigenvalue weighted by atomic mass is 9.68. The van der Waals surface area contributed by atoms with Gasteiger partial charge in [0.2, 0.25) is 0 Å². The van der Waals surface area contributed by atoms with Crippen LogP contribution in [0.25, 0.3) is 0 Å². The van der Waals surface area contributed by atoms with Gasteiger partial charge in [0, 0.05) is 0 Å². The van der Waals surface area contributed by atoms with Crippen LogP contribution in [0.1, 0.15) is 94.9 Å². The van der Waals surface area contributed by atoms with Gasteiger partial charge in [0.15, 0.2) is 0 Å². The molecule has 0 aromatic heterocycles. The average molecular weight is 297 g/mol. The molecule has 0 spiro atoms. The van der Waals surface area contributed by atoms with Crippen molar-refractivity contribution < 1.29 is 0 Å². The predicted octanol–water partition coefficient (Wildman–Crippen LogP) is 7.43. The normalized spacial score (nSPS) is 17.6. The van der Waals surface area contributed by atoms with Crippen molar-refractivity contribution in [1.82, 2.24) is 0 Å². The summed E-state index contributed by atoms with van der Waals surface area (Å²) in [6, 6.07) is 0. The molecule has 0 amide bonds. The molecule has 128 valence electrons. The van der Waals surface area contributed by atoms with E-state index in [1.54, 1.807) is 0 Å². The Kier molecular flexibility index (Phi) is 9.21. The average Bonchev–Trinajstić information content (AvgIpc) is 2.25. The van der Waals surface area contributed by atoms with Crippen LogP contribution in [0.3, 0.4) is 0 Å². The van der Waals surface area contributed by atoms with E-state index in [4.69, 9.17) is 0 Å². The van der Waals surface area contributed by atoms with Gasteiger partial charge in [-0.1, -0.05) is 69.2 Å². The van der Waals surface area contributed by atoms with Crippen LogP contribution in [-0.2, 0) is 0 Å². The number of hydrogen-bond acceptors (Lipinski definition) is 0. The molecule has 0 aromatic rings. The van der Waals surface area contributed by atoms with Crippen LogP contribution in [0.4, 0.5) is 0 Å². The molecule has 0 aliphatic carbocycles. The molecule has 0 radical (unpaired) electrons. The molecular weight excluding hydrogens is 252 g/mol. The van der Waals surface area contributed by atoms with Gasteiger partial charge in [0.1, 0.15) is 0 Å². The molecular formula is C21H44. The maximum Gasteiger partial charge on any atom is -0.0328 e. The third-order valence-electron chi connectivity index (χ3n) is 5.58. The largest absolute Gasteiger partial charge is 0.0628 e. The zero-order valence-electron chi connectivity index (χ0n) is 16.8. The van der Waals surface area contributed by atoms with E-state index in [9.17, 15) is 0 Å². The van der Waals surface area contributed by atoms with Crippen LogP contribution in [0, 0.1) is 40.9 Å². The second kappa shape index (κ2) is 9.21. The molecule has 0 bridgehead atoms. The molecule has 0 rings (SSSR count). The Bertz CT molecular complexity index is 259. The summed E-state index contributed by atoms with van der Waals surface area (Å²) in [6.07, 6.45) is 5.57. The summed E-state index contributed by atoms with van der Waals surface area (Å²) < 4.78 is 0. The molecule has 0 heteroatoms. The highest BCUT2D eigenvalue weighted by atomic mass is 14.4. The van der Waals surface area contributed by atoms with E-state index in [-0.39, 0.29) is 0 Å². The number of hydrogen-bond donors (Lipinski definition) is 0. The maximum absolute atomic E-state index is 2.50. The van der Waals surface area contributed by atoms with Crippen molar-refractivity contribution in [2.24, 2.45) is 40.9 Å². The SMILES string of the molecule is CC(C)CC(C)CC(CC(C)(C)C(C)C)C(C)CC(C)C. The van der Waals surface area contributed by atoms with Crippen molar-refractivity contribution in [3.63, 3.8) is 0 Å². The van der Waals surface area contributed by atoms with Crippen molar-refractivity contribution in [1.29, 1.82) is 0 Å². The molecule has 0 N–H and O–H groups in total. The van der Waals surface area contributed by atoms with Crippen molar-refractivity contribution in [2.45, 2.75) is 94.9 Å². The van der Waals surface area contributed by atoms with Crippen LogP contribution in [0.15, 0.2) is 0 Å². The van der Waals surface area contributed by atoms with E-state index in [0.29, 0.717) is 5.41 Å². The first-order valence-electron chi connectivity index (χ1n) is 9.45. The van der Waals surface area contributed by atoms with E-state index in [1.807, 2.05) is 0 Å². The fourth-order valence-corrected chi connectivity index (χ4v) is 3.78. The summed E-state index contributed by atoms with van der Waals surface area (Å²) >= 11 is 0. The Morgan fingerprint density at radius 3 is 1.52 bits per heavy atom. The van der Waals surface area contributed by atoms with E-state index in [0.717, 1.165) is 35.5 Å². The second-order valence-electron chi connectivity index (χ2n) is 9.68. The fraction of sp³-hybridized carbons (Fsp3) is 1.00. The zero-order chi connectivity index (χ0) is 16.8. The first-order valence-corrected chi connectivity index (χ1v) is 9.45. The highest BCUT2D eigenvalue weighted by molar-refractivity contribution is 4.81. The molecule has 0 aliphatic rings. The molecule has 21 heavy (non-hydrogen) atoms. The molecule has 0 saturated heterocycles. The molecule has 3 unspecified atom stereocenters. The number of rotatable bonds is 10. The van der Waals surface area contributed by atoms with Gasteiger partial charge in [-0.3, -0.25) is 0 Å². The highest BCUT2D eigenvalue weighted by Gasteiger charge is 2.30. The maximum atomic E-state index is 2.50. The summed E-state index contributed by atoms with van der Waals surface area (Å²) in [7, 11) is 0. The van der Waals surface area contributed by atoms with E-state index in [1.165, 1.54) is 25.7 Å². The summed E-state index contributed by atoms with van der Waals surface area (Å²) in [4.78, 5) is 0. The third kappa shape index (κ3) is 8.89. The molecule has 0 fully saturated rings. The van der Waals surface area contributed by atoms with Gasteiger partial charge in [-0.2, -0.15) is 0 Å². The van der Waals surface area contributed by atoms with Crippen molar-refractivity contribution in [3.05, 3.63) is 0 Å². The molecule has 0 aliphatic heterocycles.